The van der Waals surface area contributed by atoms with Gasteiger partial charge in [-0.2, -0.15) is 18.3 Å². The summed E-state index contributed by atoms with van der Waals surface area (Å²) in [7, 11) is 2.05. The monoisotopic (exact) mass is 481 g/mol. The van der Waals surface area contributed by atoms with Gasteiger partial charge >= 0.3 is 6.18 Å². The number of nitrogens with one attached hydrogen (secondary N) is 1. The van der Waals surface area contributed by atoms with Gasteiger partial charge in [0.05, 0.1) is 5.56 Å². The molecule has 1 fully saturated rings. The average molecular weight is 482 g/mol. The van der Waals surface area contributed by atoms with E-state index in [2.05, 4.69) is 22.4 Å². The fraction of sp³-hybridized carbons (Fsp3) is 0.583. The molecule has 2 aromatic rings. The topological polar surface area (TPSA) is 53.4 Å². The van der Waals surface area contributed by atoms with E-state index in [0.29, 0.717) is 37.8 Å². The Morgan fingerprint density at radius 3 is 2.71 bits per heavy atom. The fourth-order valence-electron chi connectivity index (χ4n) is 4.82. The number of carbonyl (C=O) groups excluding carboxylic acids is 1. The molecule has 1 aromatic carbocycles. The Morgan fingerprint density at radius 1 is 1.21 bits per heavy atom. The Bertz CT molecular complexity index is 1040. The minimum Gasteiger partial charge on any atom is -0.336 e. The van der Waals surface area contributed by atoms with Crippen LogP contribution in [0.1, 0.15) is 52.6 Å². The molecule has 0 bridgehead atoms. The quantitative estimate of drug-likeness (QED) is 0.665. The first-order valence-electron chi connectivity index (χ1n) is 11.8. The molecule has 186 valence electrons. The molecule has 1 amide bonds. The van der Waals surface area contributed by atoms with E-state index in [-0.39, 0.29) is 24.1 Å². The zero-order valence-electron chi connectivity index (χ0n) is 19.6. The summed E-state index contributed by atoms with van der Waals surface area (Å²) < 4.78 is 54.6. The summed E-state index contributed by atoms with van der Waals surface area (Å²) in [5.41, 5.74) is 1.69. The number of halogens is 4. The van der Waals surface area contributed by atoms with Crippen molar-refractivity contribution in [3.8, 4) is 0 Å². The zero-order valence-corrected chi connectivity index (χ0v) is 19.6. The summed E-state index contributed by atoms with van der Waals surface area (Å²) in [5, 5.41) is 7.93. The molecule has 0 saturated carbocycles. The van der Waals surface area contributed by atoms with Gasteiger partial charge in [0, 0.05) is 55.6 Å². The van der Waals surface area contributed by atoms with E-state index >= 15 is 0 Å². The van der Waals surface area contributed by atoms with Gasteiger partial charge in [-0.3, -0.25) is 9.48 Å². The van der Waals surface area contributed by atoms with Crippen LogP contribution in [-0.4, -0.2) is 64.8 Å². The Labute approximate surface area is 196 Å². The van der Waals surface area contributed by atoms with Crippen LogP contribution in [0.5, 0.6) is 0 Å². The van der Waals surface area contributed by atoms with Crippen LogP contribution in [0.3, 0.4) is 0 Å². The molecule has 1 aromatic heterocycles. The van der Waals surface area contributed by atoms with Crippen molar-refractivity contribution in [2.75, 3.05) is 33.2 Å². The van der Waals surface area contributed by atoms with Crippen LogP contribution < -0.4 is 5.32 Å². The van der Waals surface area contributed by atoms with E-state index in [4.69, 9.17) is 0 Å². The van der Waals surface area contributed by atoms with Gasteiger partial charge in [-0.25, -0.2) is 4.39 Å². The van der Waals surface area contributed by atoms with Crippen molar-refractivity contribution >= 4 is 5.91 Å². The van der Waals surface area contributed by atoms with Crippen LogP contribution >= 0.6 is 0 Å². The van der Waals surface area contributed by atoms with Gasteiger partial charge < -0.3 is 15.1 Å². The summed E-state index contributed by atoms with van der Waals surface area (Å²) >= 11 is 0. The highest BCUT2D eigenvalue weighted by Gasteiger charge is 2.33. The number of benzene rings is 1. The number of amides is 1. The molecule has 6 nitrogen and oxygen atoms in total. The molecule has 2 heterocycles. The van der Waals surface area contributed by atoms with Gasteiger partial charge in [0.2, 0.25) is 0 Å². The number of aromatic nitrogens is 2. The Hall–Kier alpha value is -2.46. The van der Waals surface area contributed by atoms with E-state index in [9.17, 15) is 22.4 Å². The van der Waals surface area contributed by atoms with Crippen molar-refractivity contribution in [3.05, 3.63) is 52.1 Å². The normalized spacial score (nSPS) is 19.7. The van der Waals surface area contributed by atoms with Crippen molar-refractivity contribution in [1.82, 2.24) is 24.9 Å². The number of hydrogen-bond donors (Lipinski definition) is 1. The van der Waals surface area contributed by atoms with Crippen molar-refractivity contribution < 1.29 is 22.4 Å². The van der Waals surface area contributed by atoms with Gasteiger partial charge in [0.25, 0.3) is 5.91 Å². The molecule has 0 spiro atoms. The summed E-state index contributed by atoms with van der Waals surface area (Å²) in [6.07, 6.45) is -1.56. The summed E-state index contributed by atoms with van der Waals surface area (Å²) in [5.74, 6) is -0.923. The lowest BCUT2D eigenvalue weighted by molar-refractivity contribution is -0.137. The van der Waals surface area contributed by atoms with Gasteiger partial charge in [-0.1, -0.05) is 6.07 Å². The number of fused-ring (bicyclic) bond motifs is 1. The standard InChI is InChI=1S/C24H31F4N5O/c1-3-33-21-8-7-18(29-15-16-5-6-17(13-20(16)25)24(26,27)28)14-19(21)22(30-33)23(34)32-10-4-9-31(2)11-12-32/h5-6,13,18,29H,3-4,7-12,14-15H2,1-2H3. The number of carbonyl (C=O) groups is 1. The predicted molar refractivity (Wildman–Crippen MR) is 120 cm³/mol. The number of hydrogen-bond acceptors (Lipinski definition) is 4. The SMILES string of the molecule is CCn1nc(C(=O)N2CCCN(C)CC2)c2c1CCC(NCc1ccc(C(F)(F)F)cc1F)C2. The van der Waals surface area contributed by atoms with Crippen LogP contribution in [0.2, 0.25) is 0 Å². The minimum absolute atomic E-state index is 0.0227. The molecule has 1 saturated heterocycles. The number of alkyl halides is 3. The fourth-order valence-corrected chi connectivity index (χ4v) is 4.82. The van der Waals surface area contributed by atoms with Crippen molar-refractivity contribution in [3.63, 3.8) is 0 Å². The third-order valence-corrected chi connectivity index (χ3v) is 6.82. The third-order valence-electron chi connectivity index (χ3n) is 6.82. The number of aryl methyl sites for hydroxylation is 1. The van der Waals surface area contributed by atoms with Crippen LogP contribution in [0.25, 0.3) is 0 Å². The summed E-state index contributed by atoms with van der Waals surface area (Å²) in [4.78, 5) is 17.5. The van der Waals surface area contributed by atoms with Gasteiger partial charge in [-0.15, -0.1) is 0 Å². The van der Waals surface area contributed by atoms with E-state index in [1.165, 1.54) is 6.07 Å². The maximum Gasteiger partial charge on any atom is 0.416 e. The van der Waals surface area contributed by atoms with Crippen LogP contribution in [-0.2, 0) is 32.1 Å². The summed E-state index contributed by atoms with van der Waals surface area (Å²) in [6.45, 7) is 5.94. The maximum absolute atomic E-state index is 14.3. The van der Waals surface area contributed by atoms with Crippen LogP contribution in [0, 0.1) is 5.82 Å². The summed E-state index contributed by atoms with van der Waals surface area (Å²) in [6, 6.07) is 2.60. The molecule has 10 heteroatoms. The maximum atomic E-state index is 14.3. The molecule has 1 aliphatic carbocycles. The van der Waals surface area contributed by atoms with E-state index in [1.807, 2.05) is 16.5 Å². The molecule has 34 heavy (non-hydrogen) atoms. The second-order valence-corrected chi connectivity index (χ2v) is 9.16. The highest BCUT2D eigenvalue weighted by Crippen LogP contribution is 2.31. The lowest BCUT2D eigenvalue weighted by Crippen LogP contribution is -2.37. The number of rotatable bonds is 5. The van der Waals surface area contributed by atoms with Crippen molar-refractivity contribution in [2.45, 2.75) is 57.9 Å². The first kappa shape index (κ1) is 24.7. The number of nitrogens with zero attached hydrogens (tertiary/aromatic N) is 4. The Kier molecular flexibility index (Phi) is 7.28. The van der Waals surface area contributed by atoms with Gasteiger partial charge in [-0.05, 0) is 58.3 Å². The second-order valence-electron chi connectivity index (χ2n) is 9.16. The van der Waals surface area contributed by atoms with Crippen molar-refractivity contribution in [2.24, 2.45) is 0 Å². The lowest BCUT2D eigenvalue weighted by Gasteiger charge is -2.25. The first-order valence-corrected chi connectivity index (χ1v) is 11.8. The van der Waals surface area contributed by atoms with E-state index < -0.39 is 17.6 Å². The molecule has 2 aliphatic rings. The lowest BCUT2D eigenvalue weighted by atomic mass is 9.90. The molecule has 1 aliphatic heterocycles. The molecule has 1 atom stereocenters. The largest absolute Gasteiger partial charge is 0.416 e. The molecular formula is C24H31F4N5O. The minimum atomic E-state index is -4.57. The molecule has 1 unspecified atom stereocenters. The first-order chi connectivity index (χ1) is 16.2. The second kappa shape index (κ2) is 10.0. The van der Waals surface area contributed by atoms with Crippen LogP contribution in [0.4, 0.5) is 17.6 Å². The molecular weight excluding hydrogens is 450 g/mol. The highest BCUT2D eigenvalue weighted by molar-refractivity contribution is 5.94. The van der Waals surface area contributed by atoms with E-state index in [0.717, 1.165) is 49.7 Å². The van der Waals surface area contributed by atoms with E-state index in [1.54, 1.807) is 0 Å². The molecule has 0 radical (unpaired) electrons. The average Bonchev–Trinajstić information content (AvgIpc) is 3.02. The van der Waals surface area contributed by atoms with Crippen molar-refractivity contribution in [1.29, 1.82) is 0 Å². The molecule has 4 rings (SSSR count). The highest BCUT2D eigenvalue weighted by atomic mass is 19.4. The Balaban J connectivity index is 1.47. The Morgan fingerprint density at radius 2 is 2.00 bits per heavy atom. The number of likely N-dealkylation sites (N-methyl/N-ethyl adjacent to an activating group) is 1. The third kappa shape index (κ3) is 5.27. The van der Waals surface area contributed by atoms with Crippen LogP contribution in [0.15, 0.2) is 18.2 Å². The molecule has 1 N–H and O–H groups in total. The predicted octanol–water partition coefficient (Wildman–Crippen LogP) is 3.49. The smallest absolute Gasteiger partial charge is 0.336 e. The van der Waals surface area contributed by atoms with Gasteiger partial charge in [0.1, 0.15) is 5.82 Å². The zero-order chi connectivity index (χ0) is 24.5. The van der Waals surface area contributed by atoms with Gasteiger partial charge in [0.15, 0.2) is 5.69 Å².